The Morgan fingerprint density at radius 2 is 2.08 bits per heavy atom. The maximum Gasteiger partial charge on any atom is 0.256 e. The highest BCUT2D eigenvalue weighted by atomic mass is 19.3. The quantitative estimate of drug-likeness (QED) is 0.375. The van der Waals surface area contributed by atoms with Gasteiger partial charge in [-0.1, -0.05) is 6.07 Å². The Hall–Kier alpha value is -3.38. The third-order valence-corrected chi connectivity index (χ3v) is 6.49. The highest BCUT2D eigenvalue weighted by Gasteiger charge is 2.30. The molecule has 192 valence electrons. The third kappa shape index (κ3) is 4.82. The average molecular weight is 504 g/mol. The van der Waals surface area contributed by atoms with Gasteiger partial charge in [-0.05, 0) is 30.2 Å². The summed E-state index contributed by atoms with van der Waals surface area (Å²) in [7, 11) is 3.14. The summed E-state index contributed by atoms with van der Waals surface area (Å²) in [6.07, 6.45) is 0.229. The molecular formula is C24H28F3N7O2. The SMILES string of the molecule is COCCN1CC[C@@H](Nc2nc(OC)c3c(-c4ccc5ncn(CC(F)F)c5c4)ccn3n2)[C@@H](F)C1. The van der Waals surface area contributed by atoms with Crippen LogP contribution in [0.1, 0.15) is 6.42 Å². The average Bonchev–Trinajstić information content (AvgIpc) is 3.47. The molecule has 0 spiro atoms. The number of piperidine rings is 1. The summed E-state index contributed by atoms with van der Waals surface area (Å²) < 4.78 is 54.5. The van der Waals surface area contributed by atoms with Crippen molar-refractivity contribution >= 4 is 22.5 Å². The third-order valence-electron chi connectivity index (χ3n) is 6.49. The van der Waals surface area contributed by atoms with Crippen LogP contribution in [0.3, 0.4) is 0 Å². The first-order chi connectivity index (χ1) is 17.5. The molecule has 1 aliphatic heterocycles. The summed E-state index contributed by atoms with van der Waals surface area (Å²) in [6, 6.07) is 6.92. The van der Waals surface area contributed by atoms with E-state index in [1.165, 1.54) is 18.0 Å². The van der Waals surface area contributed by atoms with Crippen LogP contribution in [0.4, 0.5) is 19.1 Å². The fourth-order valence-corrected chi connectivity index (χ4v) is 4.67. The Kier molecular flexibility index (Phi) is 6.97. The number of nitrogens with one attached hydrogen (secondary N) is 1. The van der Waals surface area contributed by atoms with Gasteiger partial charge in [0.1, 0.15) is 11.7 Å². The van der Waals surface area contributed by atoms with E-state index in [0.29, 0.717) is 48.5 Å². The van der Waals surface area contributed by atoms with Gasteiger partial charge in [0.05, 0.1) is 43.7 Å². The zero-order chi connectivity index (χ0) is 25.2. The molecule has 12 heteroatoms. The fraction of sp³-hybridized carbons (Fsp3) is 0.458. The minimum Gasteiger partial charge on any atom is -0.479 e. The van der Waals surface area contributed by atoms with E-state index >= 15 is 0 Å². The van der Waals surface area contributed by atoms with E-state index in [2.05, 4.69) is 20.4 Å². The van der Waals surface area contributed by atoms with Gasteiger partial charge in [-0.3, -0.25) is 4.90 Å². The van der Waals surface area contributed by atoms with Crippen molar-refractivity contribution in [3.05, 3.63) is 36.8 Å². The largest absolute Gasteiger partial charge is 0.479 e. The first-order valence-corrected chi connectivity index (χ1v) is 11.8. The molecule has 0 saturated carbocycles. The summed E-state index contributed by atoms with van der Waals surface area (Å²) in [5.41, 5.74) is 3.42. The van der Waals surface area contributed by atoms with Crippen molar-refractivity contribution in [3.8, 4) is 17.0 Å². The van der Waals surface area contributed by atoms with Crippen LogP contribution in [-0.4, -0.2) is 88.1 Å². The van der Waals surface area contributed by atoms with E-state index in [1.54, 1.807) is 23.9 Å². The smallest absolute Gasteiger partial charge is 0.256 e. The molecule has 2 atom stereocenters. The van der Waals surface area contributed by atoms with E-state index < -0.39 is 25.2 Å². The number of aromatic nitrogens is 5. The normalized spacial score (nSPS) is 18.9. The van der Waals surface area contributed by atoms with Crippen LogP contribution >= 0.6 is 0 Å². The highest BCUT2D eigenvalue weighted by molar-refractivity contribution is 5.89. The Bertz CT molecular complexity index is 1340. The molecule has 1 saturated heterocycles. The molecular weight excluding hydrogens is 475 g/mol. The van der Waals surface area contributed by atoms with Gasteiger partial charge in [0.25, 0.3) is 6.43 Å². The summed E-state index contributed by atoms with van der Waals surface area (Å²) in [5.74, 6) is 0.589. The first kappa shape index (κ1) is 24.3. The lowest BCUT2D eigenvalue weighted by Crippen LogP contribution is -2.48. The molecule has 4 aromatic rings. The van der Waals surface area contributed by atoms with Crippen LogP contribution < -0.4 is 10.1 Å². The van der Waals surface area contributed by atoms with Gasteiger partial charge in [-0.2, -0.15) is 4.98 Å². The molecule has 1 aromatic carbocycles. The lowest BCUT2D eigenvalue weighted by atomic mass is 10.0. The van der Waals surface area contributed by atoms with Crippen LogP contribution in [0.15, 0.2) is 36.8 Å². The summed E-state index contributed by atoms with van der Waals surface area (Å²) >= 11 is 0. The molecule has 1 aliphatic rings. The van der Waals surface area contributed by atoms with Crippen molar-refractivity contribution in [2.24, 2.45) is 0 Å². The summed E-state index contributed by atoms with van der Waals surface area (Å²) in [6.45, 7) is 1.90. The second-order valence-corrected chi connectivity index (χ2v) is 8.81. The lowest BCUT2D eigenvalue weighted by Gasteiger charge is -2.34. The molecule has 0 radical (unpaired) electrons. The van der Waals surface area contributed by atoms with Gasteiger partial charge in [0.2, 0.25) is 11.8 Å². The molecule has 0 amide bonds. The molecule has 0 bridgehead atoms. The number of likely N-dealkylation sites (tertiary alicyclic amines) is 1. The number of benzene rings is 1. The van der Waals surface area contributed by atoms with Crippen LogP contribution in [0.25, 0.3) is 27.7 Å². The second kappa shape index (κ2) is 10.3. The highest BCUT2D eigenvalue weighted by Crippen LogP contribution is 2.33. The van der Waals surface area contributed by atoms with Crippen molar-refractivity contribution in [1.29, 1.82) is 0 Å². The van der Waals surface area contributed by atoms with E-state index in [4.69, 9.17) is 9.47 Å². The van der Waals surface area contributed by atoms with E-state index in [0.717, 1.165) is 17.7 Å². The minimum absolute atomic E-state index is 0.268. The number of halogens is 3. The van der Waals surface area contributed by atoms with Gasteiger partial charge in [0, 0.05) is 38.5 Å². The van der Waals surface area contributed by atoms with Gasteiger partial charge < -0.3 is 19.4 Å². The van der Waals surface area contributed by atoms with Gasteiger partial charge in [-0.15, -0.1) is 5.10 Å². The van der Waals surface area contributed by atoms with Crippen molar-refractivity contribution in [2.75, 3.05) is 45.8 Å². The zero-order valence-electron chi connectivity index (χ0n) is 20.1. The molecule has 1 N–H and O–H groups in total. The number of anilines is 1. The molecule has 36 heavy (non-hydrogen) atoms. The topological polar surface area (TPSA) is 81.7 Å². The van der Waals surface area contributed by atoms with Crippen molar-refractivity contribution in [1.82, 2.24) is 29.0 Å². The van der Waals surface area contributed by atoms with Crippen LogP contribution in [0.2, 0.25) is 0 Å². The van der Waals surface area contributed by atoms with Crippen molar-refractivity contribution in [2.45, 2.75) is 31.6 Å². The summed E-state index contributed by atoms with van der Waals surface area (Å²) in [5, 5.41) is 7.66. The number of nitrogens with zero attached hydrogens (tertiary/aromatic N) is 6. The maximum absolute atomic E-state index is 14.9. The Morgan fingerprint density at radius 1 is 1.22 bits per heavy atom. The predicted octanol–water partition coefficient (Wildman–Crippen LogP) is 3.49. The van der Waals surface area contributed by atoms with Gasteiger partial charge >= 0.3 is 0 Å². The van der Waals surface area contributed by atoms with Gasteiger partial charge in [-0.25, -0.2) is 22.7 Å². The molecule has 1 fully saturated rings. The maximum atomic E-state index is 14.9. The standard InChI is InChI=1S/C24H28F3N7O2/c1-35-10-9-32-7-6-18(17(25)12-32)29-24-30-23(36-2)22-16(5-8-34(22)31-24)15-3-4-19-20(11-15)33(14-28-19)13-21(26)27/h3-5,8,11,14,17-18,21H,6-7,9-10,12-13H2,1-2H3,(H,29,31)/t17-,18+/m0/s1. The molecule has 5 rings (SSSR count). The molecule has 0 aliphatic carbocycles. The number of imidazole rings is 1. The number of methoxy groups -OCH3 is 2. The number of hydrogen-bond donors (Lipinski definition) is 1. The number of rotatable bonds is 9. The fourth-order valence-electron chi connectivity index (χ4n) is 4.67. The number of ether oxygens (including phenoxy) is 2. The van der Waals surface area contributed by atoms with Crippen LogP contribution in [-0.2, 0) is 11.3 Å². The van der Waals surface area contributed by atoms with Crippen LogP contribution in [0.5, 0.6) is 5.88 Å². The lowest BCUT2D eigenvalue weighted by molar-refractivity contribution is 0.0918. The first-order valence-electron chi connectivity index (χ1n) is 11.8. The minimum atomic E-state index is -2.48. The number of fused-ring (bicyclic) bond motifs is 2. The number of hydrogen-bond acceptors (Lipinski definition) is 7. The van der Waals surface area contributed by atoms with Crippen molar-refractivity contribution in [3.63, 3.8) is 0 Å². The molecule has 4 heterocycles. The monoisotopic (exact) mass is 503 g/mol. The van der Waals surface area contributed by atoms with Crippen LogP contribution in [0, 0.1) is 0 Å². The second-order valence-electron chi connectivity index (χ2n) is 8.81. The molecule has 3 aromatic heterocycles. The van der Waals surface area contributed by atoms with E-state index in [9.17, 15) is 13.2 Å². The Balaban J connectivity index is 1.42. The Labute approximate surface area is 205 Å². The zero-order valence-corrected chi connectivity index (χ0v) is 20.1. The molecule has 9 nitrogen and oxygen atoms in total. The summed E-state index contributed by atoms with van der Waals surface area (Å²) in [4.78, 5) is 10.8. The van der Waals surface area contributed by atoms with E-state index in [-0.39, 0.29) is 5.95 Å². The number of alkyl halides is 3. The van der Waals surface area contributed by atoms with Gasteiger partial charge in [0.15, 0.2) is 0 Å². The van der Waals surface area contributed by atoms with Crippen molar-refractivity contribution < 1.29 is 22.6 Å². The predicted molar refractivity (Wildman–Crippen MR) is 130 cm³/mol. The molecule has 0 unspecified atom stereocenters. The Morgan fingerprint density at radius 3 is 2.83 bits per heavy atom. The van der Waals surface area contributed by atoms with E-state index in [1.807, 2.05) is 23.1 Å².